The maximum atomic E-state index is 15.9. The number of nitriles is 4. The van der Waals surface area contributed by atoms with E-state index >= 15 is 26.3 Å². The fraction of sp³-hybridized carbons (Fsp3) is 0. The van der Waals surface area contributed by atoms with Crippen LogP contribution in [0, 0.1) is 127 Å². The average Bonchev–Trinajstić information content (AvgIpc) is 3.77. The molecule has 6 nitrogen and oxygen atoms in total. The molecule has 0 amide bonds. The molecule has 0 aliphatic heterocycles. The predicted octanol–water partition coefficient (Wildman–Crippen LogP) is 11.7. The summed E-state index contributed by atoms with van der Waals surface area (Å²) in [7, 11) is 0. The number of hydrogen-bond acceptors (Lipinski definition) is 6. The molecule has 20 heteroatoms. The van der Waals surface area contributed by atoms with Crippen LogP contribution in [0.1, 0.15) is 22.5 Å². The van der Waals surface area contributed by atoms with Gasteiger partial charge in [0.25, 0.3) is 0 Å². The monoisotopic (exact) mass is 884 g/mol. The molecule has 9 rings (SSSR count). The quantitative estimate of drug-likeness (QED) is 0.0738. The van der Waals surface area contributed by atoms with Crippen molar-refractivity contribution in [2.24, 2.45) is 0 Å². The summed E-state index contributed by atoms with van der Waals surface area (Å²) in [5.41, 5.74) is -8.56. The molecule has 1 aromatic heterocycles. The third kappa shape index (κ3) is 5.10. The molecule has 0 N–H and O–H groups in total. The van der Waals surface area contributed by atoms with Gasteiger partial charge in [-0.25, -0.2) is 71.4 Å². The number of fused-ring (bicyclic) bond motifs is 8. The number of hydrogen-bond donors (Lipinski definition) is 0. The zero-order valence-electron chi connectivity index (χ0n) is 30.4. The minimum absolute atomic E-state index is 0.111. The van der Waals surface area contributed by atoms with Crippen molar-refractivity contribution in [1.82, 2.24) is 9.97 Å². The highest BCUT2D eigenvalue weighted by molar-refractivity contribution is 6.08. The minimum atomic E-state index is -2.56. The standard InChI is InChI=1S/C44H6F14N6/c45-27-21(29(47)31(49)25-23(27)33(51)37(55)39(57)35(25)53)11-1-3-15-17(5-11)19(13(7-59)8-60)43-41(15)63-44-20(14(9-61)10-62)18-6-12(2-4-16(18)42(44)64-43)22-28(46)24-26(32(50)30(22)48)36(54)40(58)38(56)34(24)52/h1-6H. The van der Waals surface area contributed by atoms with E-state index in [-0.39, 0.29) is 45.0 Å². The second kappa shape index (κ2) is 14.0. The molecule has 7 aromatic rings. The van der Waals surface area contributed by atoms with Crippen molar-refractivity contribution in [3.8, 4) is 69.0 Å². The summed E-state index contributed by atoms with van der Waals surface area (Å²) in [6.45, 7) is 0. The highest BCUT2D eigenvalue weighted by Crippen LogP contribution is 2.52. The predicted molar refractivity (Wildman–Crippen MR) is 193 cm³/mol. The Morgan fingerprint density at radius 2 is 0.609 bits per heavy atom. The minimum Gasteiger partial charge on any atom is -0.243 e. The summed E-state index contributed by atoms with van der Waals surface area (Å²) < 4.78 is 209. The number of allylic oxidation sites excluding steroid dienone is 2. The lowest BCUT2D eigenvalue weighted by Crippen LogP contribution is -2.06. The van der Waals surface area contributed by atoms with Gasteiger partial charge in [0.2, 0.25) is 0 Å². The van der Waals surface area contributed by atoms with Crippen LogP contribution in [0.3, 0.4) is 0 Å². The third-order valence-electron chi connectivity index (χ3n) is 10.7. The van der Waals surface area contributed by atoms with Gasteiger partial charge < -0.3 is 0 Å². The van der Waals surface area contributed by atoms with Gasteiger partial charge in [-0.3, -0.25) is 0 Å². The van der Waals surface area contributed by atoms with Crippen LogP contribution >= 0.6 is 0 Å². The lowest BCUT2D eigenvalue weighted by molar-refractivity contribution is 0.412. The van der Waals surface area contributed by atoms with Gasteiger partial charge in [-0.15, -0.1) is 0 Å². The second-order valence-corrected chi connectivity index (χ2v) is 13.7. The second-order valence-electron chi connectivity index (χ2n) is 13.7. The zero-order valence-corrected chi connectivity index (χ0v) is 30.4. The Hall–Kier alpha value is -8.62. The topological polar surface area (TPSA) is 121 Å². The lowest BCUT2D eigenvalue weighted by Gasteiger charge is -2.14. The molecule has 0 radical (unpaired) electrons. The van der Waals surface area contributed by atoms with Crippen LogP contribution in [0.2, 0.25) is 0 Å². The van der Waals surface area contributed by atoms with Gasteiger partial charge in [-0.2, -0.15) is 21.0 Å². The first-order valence-electron chi connectivity index (χ1n) is 17.4. The molecule has 0 fully saturated rings. The van der Waals surface area contributed by atoms with Crippen molar-refractivity contribution >= 4 is 32.7 Å². The van der Waals surface area contributed by atoms with Crippen LogP contribution in [0.4, 0.5) is 61.5 Å². The first-order chi connectivity index (χ1) is 30.4. The molecule has 310 valence electrons. The van der Waals surface area contributed by atoms with E-state index in [0.29, 0.717) is 0 Å². The van der Waals surface area contributed by atoms with E-state index in [1.54, 1.807) is 24.3 Å². The smallest absolute Gasteiger partial charge is 0.198 e. The van der Waals surface area contributed by atoms with Gasteiger partial charge in [0, 0.05) is 22.3 Å². The molecule has 0 spiro atoms. The van der Waals surface area contributed by atoms with Crippen molar-refractivity contribution in [1.29, 1.82) is 21.0 Å². The van der Waals surface area contributed by atoms with Gasteiger partial charge in [0.15, 0.2) is 69.8 Å². The SMILES string of the molecule is N#CC(C#N)=C1c2cc(-c3c(F)c(F)c4c(F)c(F)c(F)c(F)c4c3F)ccc2-c2nc3c(nc21)-c1ccc(-c2c(F)c(F)c4c(F)c(F)c(F)c(F)c4c2F)cc1C3=C(C#N)C#N. The number of aromatic nitrogens is 2. The van der Waals surface area contributed by atoms with E-state index in [0.717, 1.165) is 36.4 Å². The van der Waals surface area contributed by atoms with Crippen molar-refractivity contribution in [2.75, 3.05) is 0 Å². The van der Waals surface area contributed by atoms with Crippen LogP contribution in [-0.2, 0) is 0 Å². The molecule has 0 saturated carbocycles. The summed E-state index contributed by atoms with van der Waals surface area (Å²) in [5.74, 6) is -33.1. The Labute approximate surface area is 345 Å². The third-order valence-corrected chi connectivity index (χ3v) is 10.7. The van der Waals surface area contributed by atoms with Crippen LogP contribution < -0.4 is 0 Å². The first-order valence-corrected chi connectivity index (χ1v) is 17.4. The molecular formula is C44H6F14N6. The Morgan fingerprint density at radius 3 is 0.906 bits per heavy atom. The highest BCUT2D eigenvalue weighted by Gasteiger charge is 2.39. The van der Waals surface area contributed by atoms with E-state index in [1.807, 2.05) is 0 Å². The van der Waals surface area contributed by atoms with E-state index in [2.05, 4.69) is 9.97 Å². The normalized spacial score (nSPS) is 12.1. The van der Waals surface area contributed by atoms with Gasteiger partial charge >= 0.3 is 0 Å². The van der Waals surface area contributed by atoms with Crippen molar-refractivity contribution in [2.45, 2.75) is 0 Å². The Kier molecular flexibility index (Phi) is 8.89. The number of halogens is 14. The maximum Gasteiger partial charge on any atom is 0.198 e. The fourth-order valence-corrected chi connectivity index (χ4v) is 7.90. The van der Waals surface area contributed by atoms with Gasteiger partial charge in [0.05, 0.1) is 44.1 Å². The average molecular weight is 885 g/mol. The molecule has 0 unspecified atom stereocenters. The highest BCUT2D eigenvalue weighted by atomic mass is 19.2. The summed E-state index contributed by atoms with van der Waals surface area (Å²) in [6.07, 6.45) is 0. The summed E-state index contributed by atoms with van der Waals surface area (Å²) in [6, 6.07) is 11.9. The molecular weight excluding hydrogens is 878 g/mol. The molecule has 64 heavy (non-hydrogen) atoms. The first kappa shape index (κ1) is 40.8. The van der Waals surface area contributed by atoms with Crippen molar-refractivity contribution < 1.29 is 61.5 Å². The number of benzene rings is 6. The van der Waals surface area contributed by atoms with Crippen molar-refractivity contribution in [3.63, 3.8) is 0 Å². The Bertz CT molecular complexity index is 3440. The van der Waals surface area contributed by atoms with E-state index in [9.17, 15) is 56.2 Å². The summed E-state index contributed by atoms with van der Waals surface area (Å²) >= 11 is 0. The zero-order chi connectivity index (χ0) is 46.1. The molecule has 6 aromatic carbocycles. The van der Waals surface area contributed by atoms with Gasteiger partial charge in [-0.1, -0.05) is 24.3 Å². The molecule has 2 aliphatic carbocycles. The lowest BCUT2D eigenvalue weighted by atomic mass is 9.93. The summed E-state index contributed by atoms with van der Waals surface area (Å²) in [4.78, 5) is 9.05. The van der Waals surface area contributed by atoms with Crippen LogP contribution in [0.25, 0.3) is 77.5 Å². The van der Waals surface area contributed by atoms with E-state index in [4.69, 9.17) is 0 Å². The molecule has 2 aliphatic rings. The Balaban J connectivity index is 1.28. The van der Waals surface area contributed by atoms with Gasteiger partial charge in [-0.05, 0) is 34.4 Å². The van der Waals surface area contributed by atoms with Gasteiger partial charge in [0.1, 0.15) is 58.4 Å². The fourth-order valence-electron chi connectivity index (χ4n) is 7.90. The number of rotatable bonds is 2. The molecule has 1 heterocycles. The van der Waals surface area contributed by atoms with E-state index < -0.39 is 148 Å². The summed E-state index contributed by atoms with van der Waals surface area (Å²) in [5, 5.41) is 32.6. The molecule has 0 atom stereocenters. The van der Waals surface area contributed by atoms with Crippen molar-refractivity contribution in [3.05, 3.63) is 152 Å². The maximum absolute atomic E-state index is 15.9. The Morgan fingerprint density at radius 1 is 0.328 bits per heavy atom. The van der Waals surface area contributed by atoms with E-state index in [1.165, 1.54) is 0 Å². The van der Waals surface area contributed by atoms with Crippen LogP contribution in [0.15, 0.2) is 47.5 Å². The van der Waals surface area contributed by atoms with Crippen LogP contribution in [0.5, 0.6) is 0 Å². The molecule has 0 bridgehead atoms. The molecule has 0 saturated heterocycles. The number of nitrogens with zero attached hydrogens (tertiary/aromatic N) is 6. The largest absolute Gasteiger partial charge is 0.243 e. The van der Waals surface area contributed by atoms with Crippen LogP contribution in [-0.4, -0.2) is 9.97 Å².